The minimum Gasteiger partial charge on any atom is -0.450 e. The molecular weight excluding hydrogens is 322 g/mol. The van der Waals surface area contributed by atoms with Crippen LogP contribution in [0.3, 0.4) is 0 Å². The molecule has 0 unspecified atom stereocenters. The molecule has 0 aromatic heterocycles. The summed E-state index contributed by atoms with van der Waals surface area (Å²) >= 11 is 0. The molecule has 1 aliphatic rings. The summed E-state index contributed by atoms with van der Waals surface area (Å²) in [7, 11) is 0. The first-order valence-electron chi connectivity index (χ1n) is 9.53. The van der Waals surface area contributed by atoms with E-state index < -0.39 is 5.60 Å². The first kappa shape index (κ1) is 18.7. The largest absolute Gasteiger partial charge is 0.450 e. The number of hydrogen-bond donors (Lipinski definition) is 0. The topological polar surface area (TPSA) is 29.5 Å². The number of likely N-dealkylation sites (tertiary alicyclic amines) is 1. The third-order valence-corrected chi connectivity index (χ3v) is 5.66. The van der Waals surface area contributed by atoms with Crippen molar-refractivity contribution in [3.05, 3.63) is 71.8 Å². The van der Waals surface area contributed by atoms with Gasteiger partial charge >= 0.3 is 5.97 Å². The van der Waals surface area contributed by atoms with Crippen LogP contribution in [-0.2, 0) is 10.3 Å². The quantitative estimate of drug-likeness (QED) is 0.736. The Labute approximate surface area is 157 Å². The van der Waals surface area contributed by atoms with Gasteiger partial charge in [0.05, 0.1) is 5.56 Å². The van der Waals surface area contributed by atoms with Gasteiger partial charge in [0.2, 0.25) is 0 Å². The molecule has 0 spiro atoms. The molecule has 3 nitrogen and oxygen atoms in total. The minimum atomic E-state index is -0.598. The summed E-state index contributed by atoms with van der Waals surface area (Å²) in [6.07, 6.45) is 0.801. The zero-order chi connectivity index (χ0) is 18.7. The molecule has 3 atom stereocenters. The van der Waals surface area contributed by atoms with E-state index >= 15 is 0 Å². The van der Waals surface area contributed by atoms with Gasteiger partial charge in [-0.15, -0.1) is 0 Å². The lowest BCUT2D eigenvalue weighted by Gasteiger charge is -2.50. The number of ether oxygens (including phenoxy) is 1. The maximum atomic E-state index is 12.9. The molecule has 0 radical (unpaired) electrons. The second kappa shape index (κ2) is 7.63. The Morgan fingerprint density at radius 3 is 2.19 bits per heavy atom. The fourth-order valence-electron chi connectivity index (χ4n) is 4.24. The Hall–Kier alpha value is -2.13. The molecule has 3 rings (SSSR count). The first-order chi connectivity index (χ1) is 12.4. The highest BCUT2D eigenvalue weighted by Crippen LogP contribution is 2.44. The molecule has 3 heteroatoms. The van der Waals surface area contributed by atoms with Crippen LogP contribution in [0.5, 0.6) is 0 Å². The van der Waals surface area contributed by atoms with Crippen LogP contribution in [0.4, 0.5) is 0 Å². The van der Waals surface area contributed by atoms with Gasteiger partial charge in [0.1, 0.15) is 5.60 Å². The molecule has 2 aromatic rings. The second-order valence-corrected chi connectivity index (χ2v) is 7.76. The van der Waals surface area contributed by atoms with E-state index in [1.165, 1.54) is 0 Å². The molecule has 1 fully saturated rings. The lowest BCUT2D eigenvalue weighted by molar-refractivity contribution is -0.109. The van der Waals surface area contributed by atoms with Crippen LogP contribution in [0.2, 0.25) is 0 Å². The van der Waals surface area contributed by atoms with Crippen molar-refractivity contribution in [2.45, 2.75) is 51.8 Å². The average Bonchev–Trinajstić information content (AvgIpc) is 2.65. The zero-order valence-corrected chi connectivity index (χ0v) is 16.2. The van der Waals surface area contributed by atoms with Crippen LogP contribution >= 0.6 is 0 Å². The number of benzene rings is 2. The van der Waals surface area contributed by atoms with Gasteiger partial charge in [-0.1, -0.05) is 55.5 Å². The highest BCUT2D eigenvalue weighted by molar-refractivity contribution is 5.89. The van der Waals surface area contributed by atoms with Crippen molar-refractivity contribution in [1.29, 1.82) is 0 Å². The molecule has 1 aliphatic heterocycles. The second-order valence-electron chi connectivity index (χ2n) is 7.76. The van der Waals surface area contributed by atoms with Crippen LogP contribution in [0.25, 0.3) is 0 Å². The van der Waals surface area contributed by atoms with E-state index in [-0.39, 0.29) is 11.9 Å². The predicted octanol–water partition coefficient (Wildman–Crippen LogP) is 4.88. The van der Waals surface area contributed by atoms with Gasteiger partial charge in [0.25, 0.3) is 0 Å². The Balaban J connectivity index is 1.97. The van der Waals surface area contributed by atoms with Crippen molar-refractivity contribution in [3.63, 3.8) is 0 Å². The predicted molar refractivity (Wildman–Crippen MR) is 105 cm³/mol. The van der Waals surface area contributed by atoms with Crippen LogP contribution < -0.4 is 0 Å². The van der Waals surface area contributed by atoms with Crippen molar-refractivity contribution >= 4 is 5.97 Å². The number of carbonyl (C=O) groups excluding carboxylic acids is 1. The maximum Gasteiger partial charge on any atom is 0.339 e. The van der Waals surface area contributed by atoms with Gasteiger partial charge in [0.15, 0.2) is 0 Å². The summed E-state index contributed by atoms with van der Waals surface area (Å²) in [5, 5.41) is 0. The van der Waals surface area contributed by atoms with Gasteiger partial charge in [0, 0.05) is 31.0 Å². The number of piperidine rings is 1. The normalized spacial score (nSPS) is 26.7. The highest BCUT2D eigenvalue weighted by atomic mass is 16.6. The summed E-state index contributed by atoms with van der Waals surface area (Å²) < 4.78 is 6.30. The van der Waals surface area contributed by atoms with Crippen molar-refractivity contribution < 1.29 is 9.53 Å². The minimum absolute atomic E-state index is 0.205. The SMILES string of the molecule is CC(C)N1C[C@@H](C)[C@](OC(=O)c2ccccc2)(c2ccccc2)C[C@@H]1C. The fraction of sp³-hybridized carbons (Fsp3) is 0.435. The van der Waals surface area contributed by atoms with Crippen molar-refractivity contribution in [2.24, 2.45) is 5.92 Å². The van der Waals surface area contributed by atoms with Crippen LogP contribution in [0, 0.1) is 5.92 Å². The lowest BCUT2D eigenvalue weighted by Crippen LogP contribution is -2.56. The van der Waals surface area contributed by atoms with Crippen molar-refractivity contribution in [2.75, 3.05) is 6.54 Å². The maximum absolute atomic E-state index is 12.9. The number of hydrogen-bond acceptors (Lipinski definition) is 3. The fourth-order valence-corrected chi connectivity index (χ4v) is 4.24. The van der Waals surface area contributed by atoms with Gasteiger partial charge in [-0.05, 0) is 38.5 Å². The summed E-state index contributed by atoms with van der Waals surface area (Å²) in [4.78, 5) is 15.4. The first-order valence-corrected chi connectivity index (χ1v) is 9.53. The number of nitrogens with zero attached hydrogens (tertiary/aromatic N) is 1. The summed E-state index contributed by atoms with van der Waals surface area (Å²) in [5.41, 5.74) is 1.10. The van der Waals surface area contributed by atoms with Crippen molar-refractivity contribution in [3.8, 4) is 0 Å². The molecule has 1 saturated heterocycles. The Morgan fingerprint density at radius 2 is 1.62 bits per heavy atom. The van der Waals surface area contributed by atoms with E-state index in [1.807, 2.05) is 48.5 Å². The third kappa shape index (κ3) is 3.54. The van der Waals surface area contributed by atoms with Gasteiger partial charge in [-0.25, -0.2) is 4.79 Å². The molecule has 0 aliphatic carbocycles. The molecule has 0 N–H and O–H groups in total. The Kier molecular flexibility index (Phi) is 5.47. The third-order valence-electron chi connectivity index (χ3n) is 5.66. The smallest absolute Gasteiger partial charge is 0.339 e. The monoisotopic (exact) mass is 351 g/mol. The van der Waals surface area contributed by atoms with E-state index in [0.29, 0.717) is 17.6 Å². The van der Waals surface area contributed by atoms with Gasteiger partial charge in [-0.3, -0.25) is 4.90 Å². The number of esters is 1. The molecular formula is C23H29NO2. The molecule has 0 amide bonds. The molecule has 0 bridgehead atoms. The summed E-state index contributed by atoms with van der Waals surface area (Å²) in [5.74, 6) is -0.0392. The van der Waals surface area contributed by atoms with Crippen LogP contribution in [-0.4, -0.2) is 29.5 Å². The van der Waals surface area contributed by atoms with Gasteiger partial charge < -0.3 is 4.74 Å². The molecule has 26 heavy (non-hydrogen) atoms. The van der Waals surface area contributed by atoms with E-state index in [0.717, 1.165) is 18.5 Å². The Morgan fingerprint density at radius 1 is 1.04 bits per heavy atom. The molecule has 0 saturated carbocycles. The average molecular weight is 351 g/mol. The Bertz CT molecular complexity index is 728. The summed E-state index contributed by atoms with van der Waals surface area (Å²) in [6.45, 7) is 9.81. The summed E-state index contributed by atoms with van der Waals surface area (Å²) in [6, 6.07) is 20.4. The van der Waals surface area contributed by atoms with Crippen LogP contribution in [0.15, 0.2) is 60.7 Å². The van der Waals surface area contributed by atoms with E-state index in [1.54, 1.807) is 0 Å². The van der Waals surface area contributed by atoms with Crippen molar-refractivity contribution in [1.82, 2.24) is 4.90 Å². The van der Waals surface area contributed by atoms with Crippen LogP contribution in [0.1, 0.15) is 50.0 Å². The highest BCUT2D eigenvalue weighted by Gasteiger charge is 2.48. The van der Waals surface area contributed by atoms with E-state index in [4.69, 9.17) is 4.74 Å². The zero-order valence-electron chi connectivity index (χ0n) is 16.2. The number of rotatable bonds is 4. The van der Waals surface area contributed by atoms with E-state index in [9.17, 15) is 4.79 Å². The standard InChI is InChI=1S/C23H29NO2/c1-17(2)24-16-18(3)23(15-19(24)4,21-13-9-6-10-14-21)26-22(25)20-11-7-5-8-12-20/h5-14,17-19H,15-16H2,1-4H3/t18-,19+,23+/m1/s1. The molecule has 2 aromatic carbocycles. The molecule has 1 heterocycles. The van der Waals surface area contributed by atoms with E-state index in [2.05, 4.69) is 44.7 Å². The number of carbonyl (C=O) groups is 1. The molecule has 138 valence electrons. The van der Waals surface area contributed by atoms with Gasteiger partial charge in [-0.2, -0.15) is 0 Å². The lowest BCUT2D eigenvalue weighted by atomic mass is 9.73.